The number of rotatable bonds is 5. The van der Waals surface area contributed by atoms with Crippen molar-refractivity contribution in [1.29, 1.82) is 0 Å². The molecular weight excluding hydrogens is 507 g/mol. The molecule has 0 unspecified atom stereocenters. The average molecular weight is 533 g/mol. The molecule has 1 fully saturated rings. The molecule has 1 aliphatic rings. The number of phenolic OH excluding ortho intramolecular Hbond substituents is 1. The van der Waals surface area contributed by atoms with Crippen molar-refractivity contribution in [2.45, 2.75) is 25.7 Å². The number of aromatic amines is 2. The number of H-pyrrole nitrogens is 2. The second kappa shape index (κ2) is 9.60. The zero-order chi connectivity index (χ0) is 27.2. The number of carbonyl (C=O) groups is 1. The first-order valence-electron chi connectivity index (χ1n) is 13.2. The number of benzene rings is 2. The van der Waals surface area contributed by atoms with Gasteiger partial charge in [-0.3, -0.25) is 19.9 Å². The molecule has 0 aliphatic heterocycles. The lowest BCUT2D eigenvalue weighted by atomic mass is 10.0. The number of nitrogens with one attached hydrogen (secondary N) is 3. The van der Waals surface area contributed by atoms with Gasteiger partial charge in [0.15, 0.2) is 0 Å². The number of hydrogen-bond donors (Lipinski definition) is 4. The molecule has 2 aromatic carbocycles. The van der Waals surface area contributed by atoms with E-state index in [1.165, 1.54) is 6.07 Å². The molecular formula is C31H25FN6O2. The molecule has 9 heteroatoms. The van der Waals surface area contributed by atoms with Crippen molar-refractivity contribution in [1.82, 2.24) is 25.1 Å². The minimum absolute atomic E-state index is 0.0450. The highest BCUT2D eigenvalue weighted by atomic mass is 19.1. The molecule has 0 atom stereocenters. The van der Waals surface area contributed by atoms with E-state index in [9.17, 15) is 14.3 Å². The molecule has 0 bridgehead atoms. The van der Waals surface area contributed by atoms with Gasteiger partial charge >= 0.3 is 0 Å². The average Bonchev–Trinajstić information content (AvgIpc) is 3.71. The summed E-state index contributed by atoms with van der Waals surface area (Å²) >= 11 is 0. The molecule has 7 rings (SSSR count). The highest BCUT2D eigenvalue weighted by Crippen LogP contribution is 2.36. The summed E-state index contributed by atoms with van der Waals surface area (Å²) in [5.41, 5.74) is 6.62. The Hall–Kier alpha value is -5.05. The molecule has 6 aromatic rings. The van der Waals surface area contributed by atoms with Gasteiger partial charge in [0, 0.05) is 40.0 Å². The van der Waals surface area contributed by atoms with Crippen LogP contribution in [-0.4, -0.2) is 36.2 Å². The third kappa shape index (κ3) is 4.35. The molecule has 1 amide bonds. The first-order valence-corrected chi connectivity index (χ1v) is 13.2. The van der Waals surface area contributed by atoms with Crippen LogP contribution in [0.25, 0.3) is 55.6 Å². The number of amides is 1. The lowest BCUT2D eigenvalue weighted by Crippen LogP contribution is -2.20. The summed E-state index contributed by atoms with van der Waals surface area (Å²) in [6.07, 6.45) is 9.16. The summed E-state index contributed by atoms with van der Waals surface area (Å²) in [7, 11) is 0. The Morgan fingerprint density at radius 3 is 2.67 bits per heavy atom. The van der Waals surface area contributed by atoms with Gasteiger partial charge in [0.1, 0.15) is 17.3 Å². The predicted octanol–water partition coefficient (Wildman–Crippen LogP) is 6.81. The van der Waals surface area contributed by atoms with Crippen molar-refractivity contribution in [3.63, 3.8) is 0 Å². The fourth-order valence-electron chi connectivity index (χ4n) is 5.62. The molecule has 4 aromatic heterocycles. The van der Waals surface area contributed by atoms with E-state index in [2.05, 4.69) is 30.5 Å². The molecule has 198 valence electrons. The number of carbonyl (C=O) groups excluding carboxylic acids is 1. The number of hydrogen-bond acceptors (Lipinski definition) is 5. The number of phenols is 1. The molecule has 40 heavy (non-hydrogen) atoms. The number of nitrogens with zero attached hydrogens (tertiary/aromatic N) is 3. The van der Waals surface area contributed by atoms with Gasteiger partial charge in [0.2, 0.25) is 5.91 Å². The molecule has 0 radical (unpaired) electrons. The maximum atomic E-state index is 14.0. The standard InChI is InChI=1S/C31H25FN6O2/c32-20-8-18(10-22(39)11-20)23-6-3-7-26-24(23)12-28(36-26)30-25-13-27(34-16-29(25)37-38-30)19-9-21(15-33-14-19)35-31(40)17-4-1-2-5-17/h3,6-17,36,39H,1-2,4-5H2,(H,35,40)(H,37,38). The number of anilines is 1. The highest BCUT2D eigenvalue weighted by molar-refractivity contribution is 6.01. The number of fused-ring (bicyclic) bond motifs is 2. The molecule has 1 saturated carbocycles. The van der Waals surface area contributed by atoms with Crippen LogP contribution in [0, 0.1) is 11.7 Å². The Morgan fingerprint density at radius 1 is 0.950 bits per heavy atom. The summed E-state index contributed by atoms with van der Waals surface area (Å²) < 4.78 is 14.0. The summed E-state index contributed by atoms with van der Waals surface area (Å²) in [6.45, 7) is 0. The van der Waals surface area contributed by atoms with Crippen LogP contribution in [0.15, 0.2) is 73.2 Å². The SMILES string of the molecule is O=C(Nc1cncc(-c2cc3c(-c4cc5c(-c6cc(O)cc(F)c6)cccc5[nH]4)n[nH]c3cn2)c1)C1CCCC1. The predicted molar refractivity (Wildman–Crippen MR) is 152 cm³/mol. The summed E-state index contributed by atoms with van der Waals surface area (Å²) in [4.78, 5) is 25.0. The van der Waals surface area contributed by atoms with Gasteiger partial charge in [-0.15, -0.1) is 0 Å². The molecule has 4 N–H and O–H groups in total. The fraction of sp³-hybridized carbons (Fsp3) is 0.161. The van der Waals surface area contributed by atoms with E-state index in [1.807, 2.05) is 36.4 Å². The smallest absolute Gasteiger partial charge is 0.227 e. The Morgan fingerprint density at radius 2 is 1.82 bits per heavy atom. The van der Waals surface area contributed by atoms with E-state index < -0.39 is 5.82 Å². The maximum Gasteiger partial charge on any atom is 0.227 e. The van der Waals surface area contributed by atoms with E-state index in [1.54, 1.807) is 24.7 Å². The third-order valence-electron chi connectivity index (χ3n) is 7.59. The molecule has 4 heterocycles. The highest BCUT2D eigenvalue weighted by Gasteiger charge is 2.23. The van der Waals surface area contributed by atoms with Crippen LogP contribution >= 0.6 is 0 Å². The van der Waals surface area contributed by atoms with Crippen LogP contribution in [0.1, 0.15) is 25.7 Å². The van der Waals surface area contributed by atoms with E-state index in [0.29, 0.717) is 22.6 Å². The number of aromatic hydroxyl groups is 1. The Labute approximate surface area is 228 Å². The quantitative estimate of drug-likeness (QED) is 0.194. The number of pyridine rings is 2. The van der Waals surface area contributed by atoms with Gasteiger partial charge in [-0.25, -0.2) is 4.39 Å². The molecule has 1 aliphatic carbocycles. The van der Waals surface area contributed by atoms with Crippen molar-refractivity contribution in [3.05, 3.63) is 79.0 Å². The monoisotopic (exact) mass is 532 g/mol. The van der Waals surface area contributed by atoms with E-state index >= 15 is 0 Å². The number of halogens is 1. The van der Waals surface area contributed by atoms with Gasteiger partial charge in [-0.1, -0.05) is 25.0 Å². The van der Waals surface area contributed by atoms with E-state index in [4.69, 9.17) is 0 Å². The van der Waals surface area contributed by atoms with Crippen molar-refractivity contribution in [3.8, 4) is 39.5 Å². The minimum atomic E-state index is -0.502. The van der Waals surface area contributed by atoms with Gasteiger partial charge in [-0.05, 0) is 60.4 Å². The van der Waals surface area contributed by atoms with Crippen molar-refractivity contribution < 1.29 is 14.3 Å². The molecule has 0 spiro atoms. The zero-order valence-corrected chi connectivity index (χ0v) is 21.4. The van der Waals surface area contributed by atoms with E-state index in [0.717, 1.165) is 70.4 Å². The summed E-state index contributed by atoms with van der Waals surface area (Å²) in [5, 5.41) is 22.3. The fourth-order valence-corrected chi connectivity index (χ4v) is 5.62. The van der Waals surface area contributed by atoms with E-state index in [-0.39, 0.29) is 17.6 Å². The Bertz CT molecular complexity index is 1880. The van der Waals surface area contributed by atoms with Crippen LogP contribution < -0.4 is 5.32 Å². The van der Waals surface area contributed by atoms with Crippen LogP contribution in [0.3, 0.4) is 0 Å². The van der Waals surface area contributed by atoms with Gasteiger partial charge < -0.3 is 15.4 Å². The largest absolute Gasteiger partial charge is 0.508 e. The third-order valence-corrected chi connectivity index (χ3v) is 7.59. The normalized spacial score (nSPS) is 13.8. The Balaban J connectivity index is 1.25. The first kappa shape index (κ1) is 24.0. The van der Waals surface area contributed by atoms with Gasteiger partial charge in [-0.2, -0.15) is 5.10 Å². The van der Waals surface area contributed by atoms with Crippen LogP contribution in [-0.2, 0) is 4.79 Å². The first-order chi connectivity index (χ1) is 19.5. The lowest BCUT2D eigenvalue weighted by Gasteiger charge is -2.11. The molecule has 8 nitrogen and oxygen atoms in total. The zero-order valence-electron chi connectivity index (χ0n) is 21.4. The number of aromatic nitrogens is 5. The topological polar surface area (TPSA) is 120 Å². The Kier molecular flexibility index (Phi) is 5.77. The van der Waals surface area contributed by atoms with Gasteiger partial charge in [0.05, 0.1) is 35.0 Å². The second-order valence-corrected chi connectivity index (χ2v) is 10.3. The summed E-state index contributed by atoms with van der Waals surface area (Å²) in [6, 6.07) is 15.6. The van der Waals surface area contributed by atoms with Crippen LogP contribution in [0.5, 0.6) is 5.75 Å². The minimum Gasteiger partial charge on any atom is -0.508 e. The van der Waals surface area contributed by atoms with Gasteiger partial charge in [0.25, 0.3) is 0 Å². The van der Waals surface area contributed by atoms with Crippen molar-refractivity contribution in [2.75, 3.05) is 5.32 Å². The maximum absolute atomic E-state index is 14.0. The lowest BCUT2D eigenvalue weighted by molar-refractivity contribution is -0.119. The van der Waals surface area contributed by atoms with Crippen LogP contribution in [0.2, 0.25) is 0 Å². The van der Waals surface area contributed by atoms with Crippen molar-refractivity contribution >= 4 is 33.4 Å². The van der Waals surface area contributed by atoms with Crippen molar-refractivity contribution in [2.24, 2.45) is 5.92 Å². The van der Waals surface area contributed by atoms with Crippen LogP contribution in [0.4, 0.5) is 10.1 Å². The summed E-state index contributed by atoms with van der Waals surface area (Å²) in [5.74, 6) is -0.519. The molecule has 0 saturated heterocycles. The second-order valence-electron chi connectivity index (χ2n) is 10.3.